The number of nitrogens with zero attached hydrogens (tertiary/aromatic N) is 4. The number of hydrogen-bond donors (Lipinski definition) is 1. The van der Waals surface area contributed by atoms with Crippen molar-refractivity contribution in [2.24, 2.45) is 0 Å². The Morgan fingerprint density at radius 1 is 1.40 bits per heavy atom. The van der Waals surface area contributed by atoms with Crippen LogP contribution < -0.4 is 0 Å². The second-order valence-corrected chi connectivity index (χ2v) is 4.34. The van der Waals surface area contributed by atoms with Gasteiger partial charge in [-0.2, -0.15) is 4.57 Å². The summed E-state index contributed by atoms with van der Waals surface area (Å²) in [6.45, 7) is 1.76. The zero-order valence-corrected chi connectivity index (χ0v) is 10.5. The summed E-state index contributed by atoms with van der Waals surface area (Å²) in [5.41, 5.74) is 1.62. The van der Waals surface area contributed by atoms with E-state index in [0.717, 1.165) is 0 Å². The summed E-state index contributed by atoms with van der Waals surface area (Å²) < 4.78 is 1.37. The average Bonchev–Trinajstić information content (AvgIpc) is 2.88. The maximum Gasteiger partial charge on any atom is 0.347 e. The molecule has 0 aliphatic carbocycles. The minimum atomic E-state index is -0.503. The molecule has 0 aliphatic rings. The standard InChI is InChI=1S/C13H10N4O3/c1-8-5-10(16-7-14-6-12(16)17(19)20)9-3-2-4-11(18)13(9)15-8/h2-7,18H,1H3. The summed E-state index contributed by atoms with van der Waals surface area (Å²) in [6.07, 6.45) is 2.56. The summed E-state index contributed by atoms with van der Waals surface area (Å²) in [7, 11) is 0. The van der Waals surface area contributed by atoms with Crippen LogP contribution in [0.5, 0.6) is 5.75 Å². The van der Waals surface area contributed by atoms with Gasteiger partial charge in [0.1, 0.15) is 23.2 Å². The Balaban J connectivity index is 2.39. The van der Waals surface area contributed by atoms with Gasteiger partial charge in [-0.15, -0.1) is 0 Å². The van der Waals surface area contributed by atoms with Crippen LogP contribution in [0.1, 0.15) is 5.69 Å². The number of pyridine rings is 1. The summed E-state index contributed by atoms with van der Waals surface area (Å²) in [6, 6.07) is 6.67. The van der Waals surface area contributed by atoms with Crippen LogP contribution in [0.25, 0.3) is 16.6 Å². The van der Waals surface area contributed by atoms with Gasteiger partial charge in [0.2, 0.25) is 0 Å². The van der Waals surface area contributed by atoms with Gasteiger partial charge in [0, 0.05) is 11.8 Å². The molecule has 0 fully saturated rings. The molecule has 0 radical (unpaired) electrons. The Labute approximate surface area is 113 Å². The van der Waals surface area contributed by atoms with E-state index < -0.39 is 4.92 Å². The van der Waals surface area contributed by atoms with Gasteiger partial charge in [-0.05, 0) is 24.0 Å². The van der Waals surface area contributed by atoms with Crippen LogP contribution in [0.2, 0.25) is 0 Å². The van der Waals surface area contributed by atoms with Crippen LogP contribution in [0.4, 0.5) is 5.82 Å². The highest BCUT2D eigenvalue weighted by Gasteiger charge is 2.19. The fourth-order valence-electron chi connectivity index (χ4n) is 2.15. The minimum absolute atomic E-state index is 0.0372. The van der Waals surface area contributed by atoms with Crippen molar-refractivity contribution in [1.82, 2.24) is 14.5 Å². The second-order valence-electron chi connectivity index (χ2n) is 4.34. The topological polar surface area (TPSA) is 94.1 Å². The number of benzene rings is 1. The van der Waals surface area contributed by atoms with Gasteiger partial charge in [-0.1, -0.05) is 6.07 Å². The smallest absolute Gasteiger partial charge is 0.347 e. The number of imidazole rings is 1. The molecule has 3 rings (SSSR count). The van der Waals surface area contributed by atoms with Gasteiger partial charge in [0.25, 0.3) is 0 Å². The van der Waals surface area contributed by atoms with Crippen LogP contribution >= 0.6 is 0 Å². The van der Waals surface area contributed by atoms with Crippen molar-refractivity contribution in [1.29, 1.82) is 0 Å². The number of fused-ring (bicyclic) bond motifs is 1. The number of aromatic nitrogens is 3. The Morgan fingerprint density at radius 2 is 2.20 bits per heavy atom. The third-order valence-corrected chi connectivity index (χ3v) is 2.99. The molecule has 7 nitrogen and oxygen atoms in total. The number of aryl methyl sites for hydroxylation is 1. The van der Waals surface area contributed by atoms with E-state index in [4.69, 9.17) is 0 Å². The van der Waals surface area contributed by atoms with E-state index in [2.05, 4.69) is 9.97 Å². The quantitative estimate of drug-likeness (QED) is 0.569. The summed E-state index contributed by atoms with van der Waals surface area (Å²) >= 11 is 0. The van der Waals surface area contributed by atoms with Gasteiger partial charge < -0.3 is 15.2 Å². The maximum atomic E-state index is 11.0. The van der Waals surface area contributed by atoms with Gasteiger partial charge in [-0.3, -0.25) is 0 Å². The van der Waals surface area contributed by atoms with Crippen LogP contribution in [-0.4, -0.2) is 24.6 Å². The number of rotatable bonds is 2. The Bertz CT molecular complexity index is 826. The molecular formula is C13H10N4O3. The molecule has 20 heavy (non-hydrogen) atoms. The molecule has 0 atom stereocenters. The van der Waals surface area contributed by atoms with E-state index in [1.54, 1.807) is 25.1 Å². The lowest BCUT2D eigenvalue weighted by molar-refractivity contribution is -0.391. The molecule has 0 saturated carbocycles. The van der Waals surface area contributed by atoms with Gasteiger partial charge in [0.15, 0.2) is 6.33 Å². The first kappa shape index (κ1) is 12.1. The zero-order valence-electron chi connectivity index (χ0n) is 10.5. The molecule has 0 saturated heterocycles. The lowest BCUT2D eigenvalue weighted by Crippen LogP contribution is -2.01. The maximum absolute atomic E-state index is 11.0. The Hall–Kier alpha value is -2.96. The van der Waals surface area contributed by atoms with Crippen molar-refractivity contribution in [3.8, 4) is 11.4 Å². The first-order valence-electron chi connectivity index (χ1n) is 5.84. The summed E-state index contributed by atoms with van der Waals surface area (Å²) in [5, 5.41) is 21.5. The van der Waals surface area contributed by atoms with Crippen LogP contribution in [0, 0.1) is 17.0 Å². The van der Waals surface area contributed by atoms with Gasteiger partial charge in [0.05, 0.1) is 5.39 Å². The molecule has 0 amide bonds. The van der Waals surface area contributed by atoms with E-state index in [-0.39, 0.29) is 11.6 Å². The van der Waals surface area contributed by atoms with Gasteiger partial charge >= 0.3 is 5.82 Å². The third kappa shape index (κ3) is 1.76. The zero-order chi connectivity index (χ0) is 14.3. The molecule has 2 aromatic heterocycles. The van der Waals surface area contributed by atoms with Crippen LogP contribution in [-0.2, 0) is 0 Å². The molecule has 0 bridgehead atoms. The fraction of sp³-hybridized carbons (Fsp3) is 0.0769. The molecule has 0 spiro atoms. The monoisotopic (exact) mass is 270 g/mol. The van der Waals surface area contributed by atoms with E-state index >= 15 is 0 Å². The van der Waals surface area contributed by atoms with Crippen molar-refractivity contribution < 1.29 is 10.0 Å². The normalized spacial score (nSPS) is 10.8. The molecule has 1 N–H and O–H groups in total. The highest BCUT2D eigenvalue weighted by atomic mass is 16.6. The lowest BCUT2D eigenvalue weighted by atomic mass is 10.1. The summed E-state index contributed by atoms with van der Waals surface area (Å²) in [5.74, 6) is -0.101. The van der Waals surface area contributed by atoms with Crippen molar-refractivity contribution in [3.05, 3.63) is 52.6 Å². The molecular weight excluding hydrogens is 260 g/mol. The van der Waals surface area contributed by atoms with Crippen molar-refractivity contribution in [2.45, 2.75) is 6.92 Å². The number of phenolic OH excluding ortho intramolecular Hbond substituents is 1. The Morgan fingerprint density at radius 3 is 2.95 bits per heavy atom. The first-order valence-corrected chi connectivity index (χ1v) is 5.84. The van der Waals surface area contributed by atoms with Crippen molar-refractivity contribution in [3.63, 3.8) is 0 Å². The molecule has 7 heteroatoms. The number of nitro groups is 1. The first-order chi connectivity index (χ1) is 9.58. The summed E-state index contributed by atoms with van der Waals surface area (Å²) in [4.78, 5) is 18.6. The van der Waals surface area contributed by atoms with Gasteiger partial charge in [-0.25, -0.2) is 9.97 Å². The molecule has 2 heterocycles. The third-order valence-electron chi connectivity index (χ3n) is 2.99. The van der Waals surface area contributed by atoms with E-state index in [9.17, 15) is 15.2 Å². The highest BCUT2D eigenvalue weighted by Crippen LogP contribution is 2.30. The molecule has 3 aromatic rings. The number of hydrogen-bond acceptors (Lipinski definition) is 5. The van der Waals surface area contributed by atoms with Crippen molar-refractivity contribution >= 4 is 16.7 Å². The van der Waals surface area contributed by atoms with Crippen molar-refractivity contribution in [2.75, 3.05) is 0 Å². The fourth-order valence-corrected chi connectivity index (χ4v) is 2.15. The van der Waals surface area contributed by atoms with E-state index in [0.29, 0.717) is 22.3 Å². The number of phenols is 1. The predicted molar refractivity (Wildman–Crippen MR) is 71.9 cm³/mol. The second kappa shape index (κ2) is 4.30. The molecule has 0 aliphatic heterocycles. The van der Waals surface area contributed by atoms with E-state index in [1.165, 1.54) is 23.2 Å². The predicted octanol–water partition coefficient (Wildman–Crippen LogP) is 2.34. The highest BCUT2D eigenvalue weighted by molar-refractivity contribution is 5.91. The Kier molecular flexibility index (Phi) is 2.60. The minimum Gasteiger partial charge on any atom is -0.506 e. The molecule has 0 unspecified atom stereocenters. The molecule has 100 valence electrons. The number of aromatic hydroxyl groups is 1. The molecule has 1 aromatic carbocycles. The van der Waals surface area contributed by atoms with Crippen LogP contribution in [0.3, 0.4) is 0 Å². The number of para-hydroxylation sites is 1. The van der Waals surface area contributed by atoms with E-state index in [1.807, 2.05) is 0 Å². The van der Waals surface area contributed by atoms with Crippen LogP contribution in [0.15, 0.2) is 36.8 Å². The lowest BCUT2D eigenvalue weighted by Gasteiger charge is -2.07. The average molecular weight is 270 g/mol. The largest absolute Gasteiger partial charge is 0.506 e. The SMILES string of the molecule is Cc1cc(-n2cncc2[N+](=O)[O-])c2cccc(O)c2n1.